The van der Waals surface area contributed by atoms with Crippen LogP contribution in [0.1, 0.15) is 165 Å². The molecule has 0 bridgehead atoms. The molecule has 0 aliphatic rings. The first kappa shape index (κ1) is 43.0. The summed E-state index contributed by atoms with van der Waals surface area (Å²) in [6.07, 6.45) is 29.9. The molecule has 0 amide bonds. The predicted octanol–water partition coefficient (Wildman–Crippen LogP) is 16.3. The molecule has 0 saturated carbocycles. The Morgan fingerprint density at radius 2 is 0.907 bits per heavy atom. The largest absolute Gasteiger partial charge is 0.196 e. The topological polar surface area (TPSA) is 15.4 Å². The van der Waals surface area contributed by atoms with Crippen LogP contribution in [0, 0.1) is 0 Å². The molecule has 0 aliphatic carbocycles. The zero-order valence-corrected chi connectivity index (χ0v) is 35.0. The molecule has 0 spiro atoms. The van der Waals surface area contributed by atoms with Gasteiger partial charge in [-0.1, -0.05) is 170 Å². The second kappa shape index (κ2) is 25.3. The van der Waals surface area contributed by atoms with Gasteiger partial charge in [-0.05, 0) is 138 Å². The second-order valence-electron chi connectivity index (χ2n) is 15.5. The Morgan fingerprint density at radius 3 is 1.43 bits per heavy atom. The summed E-state index contributed by atoms with van der Waals surface area (Å²) in [6.45, 7) is 12.3. The van der Waals surface area contributed by atoms with E-state index in [1.165, 1.54) is 149 Å². The quantitative estimate of drug-likeness (QED) is 0.0348. The van der Waals surface area contributed by atoms with Crippen molar-refractivity contribution >= 4 is 11.8 Å². The summed E-state index contributed by atoms with van der Waals surface area (Å²) >= 11 is 0. The summed E-state index contributed by atoms with van der Waals surface area (Å²) in [5.41, 5.74) is 13.8. The van der Waals surface area contributed by atoms with Crippen LogP contribution in [0.15, 0.2) is 96.2 Å². The summed E-state index contributed by atoms with van der Waals surface area (Å²) < 4.78 is 2.15. The first-order valence-corrected chi connectivity index (χ1v) is 22.2. The van der Waals surface area contributed by atoms with Gasteiger partial charge in [0.25, 0.3) is 0 Å². The fourth-order valence-corrected chi connectivity index (χ4v) is 7.86. The van der Waals surface area contributed by atoms with Crippen LogP contribution in [0.4, 0.5) is 5.69 Å². The van der Waals surface area contributed by atoms with Crippen molar-refractivity contribution in [2.75, 3.05) is 6.54 Å². The number of unbranched alkanes of at least 4 members (excludes halogenated alkanes) is 12. The molecule has 0 aliphatic heterocycles. The molecule has 0 radical (unpaired) electrons. The van der Waals surface area contributed by atoms with Crippen molar-refractivity contribution in [2.45, 2.75) is 163 Å². The molecular weight excluding hydrogens is 653 g/mol. The van der Waals surface area contributed by atoms with Crippen LogP contribution >= 0.6 is 0 Å². The van der Waals surface area contributed by atoms with Gasteiger partial charge in [-0.15, -0.1) is 0 Å². The average Bonchev–Trinajstić information content (AvgIpc) is 3.21. The zero-order chi connectivity index (χ0) is 38.2. The maximum absolute atomic E-state index is 5.32. The van der Waals surface area contributed by atoms with E-state index in [4.69, 9.17) is 5.11 Å². The molecule has 0 N–H and O–H groups in total. The fourth-order valence-electron chi connectivity index (χ4n) is 7.86. The van der Waals surface area contributed by atoms with Crippen LogP contribution in [0.25, 0.3) is 28.3 Å². The predicted molar refractivity (Wildman–Crippen MR) is 237 cm³/mol. The molecule has 4 rings (SSSR count). The zero-order valence-electron chi connectivity index (χ0n) is 35.0. The molecule has 2 nitrogen and oxygen atoms in total. The highest BCUT2D eigenvalue weighted by Crippen LogP contribution is 2.36. The van der Waals surface area contributed by atoms with Gasteiger partial charge in [0, 0.05) is 6.08 Å². The number of aryl methyl sites for hydroxylation is 2. The van der Waals surface area contributed by atoms with Gasteiger partial charge in [0.15, 0.2) is 12.7 Å². The lowest BCUT2D eigenvalue weighted by Gasteiger charge is -2.17. The number of nitrogens with zero attached hydrogens (tertiary/aromatic N) is 2. The molecule has 0 saturated heterocycles. The Bertz CT molecular complexity index is 1620. The molecule has 4 aromatic carbocycles. The lowest BCUT2D eigenvalue weighted by Crippen LogP contribution is -2.04. The number of rotatable bonds is 26. The van der Waals surface area contributed by atoms with Crippen LogP contribution < -0.4 is 0 Å². The third-order valence-corrected chi connectivity index (χ3v) is 11.0. The van der Waals surface area contributed by atoms with E-state index in [0.29, 0.717) is 0 Å². The summed E-state index contributed by atoms with van der Waals surface area (Å²) in [5.74, 6) is 0. The van der Waals surface area contributed by atoms with Crippen molar-refractivity contribution in [3.63, 3.8) is 0 Å². The molecular formula is C52H73N2+. The molecule has 290 valence electrons. The number of benzene rings is 4. The van der Waals surface area contributed by atoms with Gasteiger partial charge in [-0.2, -0.15) is 0 Å². The third kappa shape index (κ3) is 14.1. The molecule has 54 heavy (non-hydrogen) atoms. The molecule has 0 atom stereocenters. The van der Waals surface area contributed by atoms with Crippen LogP contribution in [-0.4, -0.2) is 11.2 Å². The van der Waals surface area contributed by atoms with Crippen molar-refractivity contribution in [3.8, 4) is 22.3 Å². The average molecular weight is 726 g/mol. The fraction of sp³-hybridized carbons (Fsp3) is 0.500. The van der Waals surface area contributed by atoms with E-state index < -0.39 is 0 Å². The minimum Gasteiger partial charge on any atom is -0.0910 e. The third-order valence-electron chi connectivity index (χ3n) is 11.0. The monoisotopic (exact) mass is 726 g/mol. The van der Waals surface area contributed by atoms with E-state index in [2.05, 4.69) is 137 Å². The number of hydrogen-bond acceptors (Lipinski definition) is 1. The highest BCUT2D eigenvalue weighted by Gasteiger charge is 2.16. The highest BCUT2D eigenvalue weighted by atomic mass is 15.2. The lowest BCUT2D eigenvalue weighted by atomic mass is 9.87. The molecule has 0 heterocycles. The summed E-state index contributed by atoms with van der Waals surface area (Å²) in [7, 11) is 0. The van der Waals surface area contributed by atoms with Gasteiger partial charge >= 0.3 is 0 Å². The standard InChI is InChI=1S/C52H73N2/c1-6-11-15-18-19-28-35-49-46(29-14-9-4)41-48(42-47(49)34-22-16-12-7-2)53-54(10-5)38-37-43-39-51(44-30-23-20-24-31-44)50(36-27-17-13-8-3)52(40-43)45-32-25-21-26-33-45/h20-21,23-26,30-33,37-42H,6-19,22,27-29,34-36H2,1-5H3/q+1. The molecule has 0 fully saturated rings. The van der Waals surface area contributed by atoms with E-state index in [1.54, 1.807) is 16.7 Å². The van der Waals surface area contributed by atoms with Crippen molar-refractivity contribution in [3.05, 3.63) is 119 Å². The van der Waals surface area contributed by atoms with Crippen LogP contribution in [0.3, 0.4) is 0 Å². The van der Waals surface area contributed by atoms with Crippen molar-refractivity contribution in [2.24, 2.45) is 5.11 Å². The van der Waals surface area contributed by atoms with Crippen molar-refractivity contribution in [1.29, 1.82) is 0 Å². The molecule has 2 heteroatoms. The van der Waals surface area contributed by atoms with Gasteiger partial charge in [0.05, 0.1) is 0 Å². The maximum atomic E-state index is 5.32. The van der Waals surface area contributed by atoms with Crippen LogP contribution in [0.5, 0.6) is 0 Å². The first-order chi connectivity index (χ1) is 26.6. The van der Waals surface area contributed by atoms with Gasteiger partial charge < -0.3 is 0 Å². The maximum Gasteiger partial charge on any atom is 0.196 e. The Labute approximate surface area is 331 Å². The van der Waals surface area contributed by atoms with E-state index >= 15 is 0 Å². The normalized spacial score (nSPS) is 11.9. The second-order valence-corrected chi connectivity index (χ2v) is 15.5. The Balaban J connectivity index is 1.73. The van der Waals surface area contributed by atoms with Gasteiger partial charge in [-0.25, -0.2) is 0 Å². The first-order valence-electron chi connectivity index (χ1n) is 22.2. The van der Waals surface area contributed by atoms with Gasteiger partial charge in [0.2, 0.25) is 0 Å². The van der Waals surface area contributed by atoms with Crippen LogP contribution in [0.2, 0.25) is 0 Å². The van der Waals surface area contributed by atoms with E-state index in [1.807, 2.05) is 0 Å². The van der Waals surface area contributed by atoms with E-state index in [0.717, 1.165) is 25.1 Å². The van der Waals surface area contributed by atoms with Gasteiger partial charge in [0.1, 0.15) is 5.69 Å². The summed E-state index contributed by atoms with van der Waals surface area (Å²) in [6, 6.07) is 31.7. The number of azo groups is 2. The highest BCUT2D eigenvalue weighted by molar-refractivity contribution is 5.81. The molecule has 0 unspecified atom stereocenters. The minimum atomic E-state index is 0.818. The molecule has 0 aromatic heterocycles. The Kier molecular flexibility index (Phi) is 20.1. The minimum absolute atomic E-state index is 0.818. The Hall–Kier alpha value is -3.78. The van der Waals surface area contributed by atoms with E-state index in [-0.39, 0.29) is 0 Å². The summed E-state index contributed by atoms with van der Waals surface area (Å²) in [4.78, 5) is 0. The van der Waals surface area contributed by atoms with Crippen molar-refractivity contribution in [1.82, 2.24) is 0 Å². The summed E-state index contributed by atoms with van der Waals surface area (Å²) in [5, 5.41) is 5.32. The van der Waals surface area contributed by atoms with E-state index in [9.17, 15) is 0 Å². The van der Waals surface area contributed by atoms with Crippen LogP contribution in [-0.2, 0) is 25.7 Å². The van der Waals surface area contributed by atoms with Gasteiger partial charge in [-0.3, -0.25) is 0 Å². The SMILES string of the molecule is CCCCCCCCc1c(CCCC)cc(N=[N+](C=Cc2cc(-c3ccccc3)c(CCCCCC)c(-c3ccccc3)c2)CC)cc1CCCCCC. The lowest BCUT2D eigenvalue weighted by molar-refractivity contribution is -0.519. The van der Waals surface area contributed by atoms with Crippen molar-refractivity contribution < 1.29 is 4.70 Å². The number of hydrogen-bond donors (Lipinski definition) is 0. The molecule has 4 aromatic rings. The Morgan fingerprint density at radius 1 is 0.463 bits per heavy atom. The smallest absolute Gasteiger partial charge is 0.0910 e.